The normalized spacial score (nSPS) is 11.1. The maximum atomic E-state index is 12.6. The number of alkyl halides is 3. The van der Waals surface area contributed by atoms with Crippen LogP contribution in [0.5, 0.6) is 0 Å². The summed E-state index contributed by atoms with van der Waals surface area (Å²) < 4.78 is 37.7. The van der Waals surface area contributed by atoms with Crippen LogP contribution in [0.2, 0.25) is 0 Å². The van der Waals surface area contributed by atoms with E-state index in [4.69, 9.17) is 0 Å². The summed E-state index contributed by atoms with van der Waals surface area (Å²) in [6.45, 7) is 2.59. The lowest BCUT2D eigenvalue weighted by molar-refractivity contribution is -0.137. The second kappa shape index (κ2) is 8.08. The molecule has 28 heavy (non-hydrogen) atoms. The van der Waals surface area contributed by atoms with Gasteiger partial charge in [-0.15, -0.1) is 10.2 Å². The Morgan fingerprint density at radius 3 is 2.25 bits per heavy atom. The van der Waals surface area contributed by atoms with Crippen molar-refractivity contribution in [3.8, 4) is 0 Å². The lowest BCUT2D eigenvalue weighted by atomic mass is 10.1. The fourth-order valence-corrected chi connectivity index (χ4v) is 2.51. The maximum absolute atomic E-state index is 12.6. The van der Waals surface area contributed by atoms with E-state index >= 15 is 0 Å². The summed E-state index contributed by atoms with van der Waals surface area (Å²) in [5, 5.41) is 13.5. The Labute approximate surface area is 159 Å². The molecule has 0 fully saturated rings. The van der Waals surface area contributed by atoms with E-state index in [2.05, 4.69) is 26.9 Å². The Morgan fingerprint density at radius 2 is 1.64 bits per heavy atom. The third-order valence-corrected chi connectivity index (χ3v) is 3.94. The first-order chi connectivity index (χ1) is 13.3. The zero-order chi connectivity index (χ0) is 20.1. The number of benzene rings is 2. The molecule has 1 amide bonds. The summed E-state index contributed by atoms with van der Waals surface area (Å²) in [4.78, 5) is 12.1. The third-order valence-electron chi connectivity index (χ3n) is 3.94. The highest BCUT2D eigenvalue weighted by molar-refractivity contribution is 6.03. The second-order valence-electron chi connectivity index (χ2n) is 6.18. The average molecular weight is 386 g/mol. The van der Waals surface area contributed by atoms with E-state index in [0.29, 0.717) is 12.4 Å². The summed E-state index contributed by atoms with van der Waals surface area (Å²) in [6.07, 6.45) is -4.44. The number of anilines is 2. The number of rotatable bonds is 5. The molecular formula is C20H17F3N4O. The predicted octanol–water partition coefficient (Wildman–Crippen LogP) is 4.67. The van der Waals surface area contributed by atoms with Crippen LogP contribution in [0.15, 0.2) is 60.7 Å². The quantitative estimate of drug-likeness (QED) is 0.669. The molecule has 2 N–H and O–H groups in total. The van der Waals surface area contributed by atoms with Crippen molar-refractivity contribution in [1.82, 2.24) is 10.2 Å². The maximum Gasteiger partial charge on any atom is 0.416 e. The van der Waals surface area contributed by atoms with Gasteiger partial charge in [0.15, 0.2) is 5.82 Å². The van der Waals surface area contributed by atoms with E-state index in [-0.39, 0.29) is 11.4 Å². The lowest BCUT2D eigenvalue weighted by Gasteiger charge is -2.09. The van der Waals surface area contributed by atoms with Crippen LogP contribution in [0.3, 0.4) is 0 Å². The summed E-state index contributed by atoms with van der Waals surface area (Å²) in [5.74, 6) is 0.170. The number of hydrogen-bond donors (Lipinski definition) is 2. The van der Waals surface area contributed by atoms with Crippen molar-refractivity contribution in [1.29, 1.82) is 0 Å². The molecule has 0 spiro atoms. The van der Waals surface area contributed by atoms with Crippen LogP contribution in [0.1, 0.15) is 27.0 Å². The van der Waals surface area contributed by atoms with Gasteiger partial charge < -0.3 is 10.6 Å². The van der Waals surface area contributed by atoms with E-state index in [1.165, 1.54) is 0 Å². The van der Waals surface area contributed by atoms with Gasteiger partial charge in [-0.05, 0) is 48.9 Å². The zero-order valence-corrected chi connectivity index (χ0v) is 14.9. The van der Waals surface area contributed by atoms with Crippen LogP contribution in [0, 0.1) is 6.92 Å². The number of nitrogens with zero attached hydrogens (tertiary/aromatic N) is 2. The van der Waals surface area contributed by atoms with Crippen molar-refractivity contribution in [2.75, 3.05) is 10.6 Å². The fraction of sp³-hybridized carbons (Fsp3) is 0.150. The van der Waals surface area contributed by atoms with Gasteiger partial charge in [-0.3, -0.25) is 4.79 Å². The molecular weight excluding hydrogens is 369 g/mol. The van der Waals surface area contributed by atoms with Crippen molar-refractivity contribution in [3.05, 3.63) is 82.9 Å². The fourth-order valence-electron chi connectivity index (χ4n) is 2.51. The van der Waals surface area contributed by atoms with Crippen LogP contribution >= 0.6 is 0 Å². The number of carbonyl (C=O) groups excluding carboxylic acids is 1. The minimum absolute atomic E-state index is 0.0939. The SMILES string of the molecule is Cc1cccc(CNc2ccc(NC(=O)c3ccc(C(F)(F)F)cc3)nn2)c1. The van der Waals surface area contributed by atoms with Crippen LogP contribution in [-0.4, -0.2) is 16.1 Å². The number of aryl methyl sites for hydroxylation is 1. The van der Waals surface area contributed by atoms with Gasteiger partial charge in [-0.25, -0.2) is 0 Å². The van der Waals surface area contributed by atoms with Crippen molar-refractivity contribution >= 4 is 17.5 Å². The Hall–Kier alpha value is -3.42. The van der Waals surface area contributed by atoms with Crippen LogP contribution in [0.25, 0.3) is 0 Å². The number of halogens is 3. The zero-order valence-electron chi connectivity index (χ0n) is 14.9. The van der Waals surface area contributed by atoms with Gasteiger partial charge in [0.1, 0.15) is 5.82 Å². The standard InChI is InChI=1S/C20H17F3N4O/c1-13-3-2-4-14(11-13)12-24-17-9-10-18(27-26-17)25-19(28)15-5-7-16(8-6-15)20(21,22)23/h2-11H,12H2,1H3,(H,24,26)(H,25,27,28). The van der Waals surface area contributed by atoms with Gasteiger partial charge in [0.2, 0.25) is 0 Å². The summed E-state index contributed by atoms with van der Waals surface area (Å²) in [6, 6.07) is 15.2. The summed E-state index contributed by atoms with van der Waals surface area (Å²) >= 11 is 0. The molecule has 0 saturated heterocycles. The van der Waals surface area contributed by atoms with Gasteiger partial charge in [0.05, 0.1) is 5.56 Å². The summed E-state index contributed by atoms with van der Waals surface area (Å²) in [5.41, 5.74) is 1.54. The first-order valence-corrected chi connectivity index (χ1v) is 8.43. The predicted molar refractivity (Wildman–Crippen MR) is 99.9 cm³/mol. The van der Waals surface area contributed by atoms with Crippen molar-refractivity contribution < 1.29 is 18.0 Å². The molecule has 1 heterocycles. The minimum atomic E-state index is -4.44. The number of hydrogen-bond acceptors (Lipinski definition) is 4. The second-order valence-corrected chi connectivity index (χ2v) is 6.18. The van der Waals surface area contributed by atoms with E-state index in [0.717, 1.165) is 35.4 Å². The number of carbonyl (C=O) groups is 1. The minimum Gasteiger partial charge on any atom is -0.365 e. The molecule has 1 aromatic heterocycles. The van der Waals surface area contributed by atoms with Crippen molar-refractivity contribution in [3.63, 3.8) is 0 Å². The van der Waals surface area contributed by atoms with E-state index in [1.807, 2.05) is 25.1 Å². The largest absolute Gasteiger partial charge is 0.416 e. The Morgan fingerprint density at radius 1 is 0.964 bits per heavy atom. The highest BCUT2D eigenvalue weighted by atomic mass is 19.4. The first-order valence-electron chi connectivity index (χ1n) is 8.43. The molecule has 2 aromatic carbocycles. The molecule has 0 radical (unpaired) electrons. The highest BCUT2D eigenvalue weighted by Gasteiger charge is 2.30. The van der Waals surface area contributed by atoms with Gasteiger partial charge >= 0.3 is 6.18 Å². The Bertz CT molecular complexity index is 954. The molecule has 0 saturated carbocycles. The van der Waals surface area contributed by atoms with Gasteiger partial charge in [0.25, 0.3) is 5.91 Å². The molecule has 144 valence electrons. The third kappa shape index (κ3) is 5.06. The monoisotopic (exact) mass is 386 g/mol. The number of nitrogens with one attached hydrogen (secondary N) is 2. The smallest absolute Gasteiger partial charge is 0.365 e. The van der Waals surface area contributed by atoms with E-state index in [9.17, 15) is 18.0 Å². The molecule has 0 unspecified atom stereocenters. The summed E-state index contributed by atoms with van der Waals surface area (Å²) in [7, 11) is 0. The molecule has 3 aromatic rings. The Balaban J connectivity index is 1.58. The van der Waals surface area contributed by atoms with Crippen LogP contribution in [-0.2, 0) is 12.7 Å². The number of aromatic nitrogens is 2. The van der Waals surface area contributed by atoms with Crippen molar-refractivity contribution in [2.45, 2.75) is 19.6 Å². The molecule has 5 nitrogen and oxygen atoms in total. The lowest BCUT2D eigenvalue weighted by Crippen LogP contribution is -2.14. The van der Waals surface area contributed by atoms with Gasteiger partial charge in [-0.1, -0.05) is 29.8 Å². The topological polar surface area (TPSA) is 66.9 Å². The molecule has 0 aliphatic heterocycles. The molecule has 0 bridgehead atoms. The van der Waals surface area contributed by atoms with E-state index in [1.54, 1.807) is 12.1 Å². The average Bonchev–Trinajstić information content (AvgIpc) is 2.67. The van der Waals surface area contributed by atoms with Gasteiger partial charge in [0, 0.05) is 12.1 Å². The number of amides is 1. The highest BCUT2D eigenvalue weighted by Crippen LogP contribution is 2.29. The molecule has 8 heteroatoms. The van der Waals surface area contributed by atoms with Crippen LogP contribution < -0.4 is 10.6 Å². The molecule has 0 aliphatic rings. The van der Waals surface area contributed by atoms with E-state index < -0.39 is 17.6 Å². The van der Waals surface area contributed by atoms with Gasteiger partial charge in [-0.2, -0.15) is 13.2 Å². The molecule has 0 atom stereocenters. The first kappa shape index (κ1) is 19.3. The van der Waals surface area contributed by atoms with Crippen LogP contribution in [0.4, 0.5) is 24.8 Å². The molecule has 3 rings (SSSR count). The molecule has 0 aliphatic carbocycles. The van der Waals surface area contributed by atoms with Crippen molar-refractivity contribution in [2.24, 2.45) is 0 Å². The Kier molecular flexibility index (Phi) is 5.58.